The van der Waals surface area contributed by atoms with E-state index in [1.54, 1.807) is 4.90 Å². The lowest BCUT2D eigenvalue weighted by Gasteiger charge is -2.36. The van der Waals surface area contributed by atoms with Crippen LogP contribution in [0, 0.1) is 5.41 Å². The second kappa shape index (κ2) is 6.98. The molecule has 146 valence electrons. The first kappa shape index (κ1) is 19.4. The highest BCUT2D eigenvalue weighted by atomic mass is 16.6. The number of imide groups is 1. The average Bonchev–Trinajstić information content (AvgIpc) is 3.15. The molecule has 0 radical (unpaired) electrons. The summed E-state index contributed by atoms with van der Waals surface area (Å²) in [5, 5.41) is 0. The van der Waals surface area contributed by atoms with Gasteiger partial charge in [0.05, 0.1) is 12.0 Å². The SMILES string of the molecule is CC(C)(C)OC(=O)N1CCC[C@H]1[C@]1(C)CC(=O)N(Cc2ccccc2)C1=O. The third-order valence-corrected chi connectivity index (χ3v) is 5.35. The van der Waals surface area contributed by atoms with Crippen LogP contribution in [0.25, 0.3) is 0 Å². The number of hydrogen-bond acceptors (Lipinski definition) is 4. The fourth-order valence-corrected chi connectivity index (χ4v) is 4.06. The second-order valence-corrected chi connectivity index (χ2v) is 8.70. The van der Waals surface area contributed by atoms with E-state index in [1.165, 1.54) is 4.90 Å². The van der Waals surface area contributed by atoms with Crippen LogP contribution in [-0.2, 0) is 20.9 Å². The fourth-order valence-electron chi connectivity index (χ4n) is 4.06. The molecule has 3 rings (SSSR count). The number of benzene rings is 1. The van der Waals surface area contributed by atoms with E-state index >= 15 is 0 Å². The standard InChI is InChI=1S/C21H28N2O4/c1-20(2,3)27-19(26)22-12-8-11-16(22)21(4)13-17(24)23(18(21)25)14-15-9-6-5-7-10-15/h5-7,9-10,16H,8,11-14H2,1-4H3/t16-,21-/m0/s1. The molecular weight excluding hydrogens is 344 g/mol. The first-order valence-electron chi connectivity index (χ1n) is 9.50. The number of likely N-dealkylation sites (tertiary alicyclic amines) is 2. The van der Waals surface area contributed by atoms with Crippen molar-refractivity contribution in [1.82, 2.24) is 9.80 Å². The summed E-state index contributed by atoms with van der Waals surface area (Å²) in [7, 11) is 0. The molecule has 2 saturated heterocycles. The van der Waals surface area contributed by atoms with Gasteiger partial charge in [0.15, 0.2) is 0 Å². The normalized spacial score (nSPS) is 26.0. The molecule has 27 heavy (non-hydrogen) atoms. The van der Waals surface area contributed by atoms with Gasteiger partial charge in [0.25, 0.3) is 0 Å². The van der Waals surface area contributed by atoms with E-state index in [4.69, 9.17) is 4.74 Å². The number of amides is 3. The lowest BCUT2D eigenvalue weighted by Crippen LogP contribution is -2.50. The molecule has 3 amide bonds. The maximum Gasteiger partial charge on any atom is 0.410 e. The van der Waals surface area contributed by atoms with E-state index in [1.807, 2.05) is 58.0 Å². The Balaban J connectivity index is 1.79. The van der Waals surface area contributed by atoms with Crippen LogP contribution in [0.4, 0.5) is 4.79 Å². The highest BCUT2D eigenvalue weighted by molar-refractivity contribution is 6.06. The van der Waals surface area contributed by atoms with Gasteiger partial charge >= 0.3 is 6.09 Å². The van der Waals surface area contributed by atoms with E-state index in [2.05, 4.69) is 0 Å². The van der Waals surface area contributed by atoms with Crippen LogP contribution in [0.2, 0.25) is 0 Å². The minimum Gasteiger partial charge on any atom is -0.444 e. The molecule has 2 fully saturated rings. The number of ether oxygens (including phenoxy) is 1. The third kappa shape index (κ3) is 3.84. The quantitative estimate of drug-likeness (QED) is 0.763. The first-order chi connectivity index (χ1) is 12.6. The van der Waals surface area contributed by atoms with Crippen LogP contribution >= 0.6 is 0 Å². The summed E-state index contributed by atoms with van der Waals surface area (Å²) in [6, 6.07) is 9.17. The van der Waals surface area contributed by atoms with Crippen molar-refractivity contribution in [2.45, 2.75) is 65.1 Å². The van der Waals surface area contributed by atoms with Gasteiger partial charge in [-0.05, 0) is 46.1 Å². The van der Waals surface area contributed by atoms with Gasteiger partial charge in [0.2, 0.25) is 11.8 Å². The maximum atomic E-state index is 13.2. The first-order valence-corrected chi connectivity index (χ1v) is 9.50. The van der Waals surface area contributed by atoms with Crippen LogP contribution in [-0.4, -0.2) is 45.9 Å². The van der Waals surface area contributed by atoms with Crippen LogP contribution < -0.4 is 0 Å². The summed E-state index contributed by atoms with van der Waals surface area (Å²) < 4.78 is 5.52. The molecule has 6 heteroatoms. The smallest absolute Gasteiger partial charge is 0.410 e. The Hall–Kier alpha value is -2.37. The number of carbonyl (C=O) groups is 3. The monoisotopic (exact) mass is 372 g/mol. The average molecular weight is 372 g/mol. The molecule has 0 aliphatic carbocycles. The largest absolute Gasteiger partial charge is 0.444 e. The third-order valence-electron chi connectivity index (χ3n) is 5.35. The number of hydrogen-bond donors (Lipinski definition) is 0. The Morgan fingerprint density at radius 1 is 1.22 bits per heavy atom. The van der Waals surface area contributed by atoms with Crippen LogP contribution in [0.5, 0.6) is 0 Å². The summed E-state index contributed by atoms with van der Waals surface area (Å²) in [4.78, 5) is 41.4. The van der Waals surface area contributed by atoms with Crippen LogP contribution in [0.15, 0.2) is 30.3 Å². The van der Waals surface area contributed by atoms with Crippen molar-refractivity contribution in [3.05, 3.63) is 35.9 Å². The zero-order valence-corrected chi connectivity index (χ0v) is 16.5. The van der Waals surface area contributed by atoms with Crippen molar-refractivity contribution in [3.8, 4) is 0 Å². The molecule has 1 aromatic carbocycles. The molecule has 0 bridgehead atoms. The van der Waals surface area contributed by atoms with E-state index in [0.717, 1.165) is 12.0 Å². The predicted molar refractivity (Wildman–Crippen MR) is 101 cm³/mol. The van der Waals surface area contributed by atoms with Gasteiger partial charge in [-0.3, -0.25) is 14.5 Å². The van der Waals surface area contributed by atoms with Crippen molar-refractivity contribution in [3.63, 3.8) is 0 Å². The van der Waals surface area contributed by atoms with E-state index in [-0.39, 0.29) is 30.8 Å². The van der Waals surface area contributed by atoms with Gasteiger partial charge in [-0.1, -0.05) is 30.3 Å². The minimum atomic E-state index is -0.904. The summed E-state index contributed by atoms with van der Waals surface area (Å²) in [5.41, 5.74) is -0.585. The van der Waals surface area contributed by atoms with Gasteiger partial charge < -0.3 is 9.64 Å². The molecule has 0 aromatic heterocycles. The Bertz CT molecular complexity index is 740. The van der Waals surface area contributed by atoms with Gasteiger partial charge in [0, 0.05) is 19.0 Å². The lowest BCUT2D eigenvalue weighted by molar-refractivity contribution is -0.143. The Labute approximate surface area is 160 Å². The lowest BCUT2D eigenvalue weighted by atomic mass is 9.79. The van der Waals surface area contributed by atoms with Crippen molar-refractivity contribution in [1.29, 1.82) is 0 Å². The zero-order chi connectivity index (χ0) is 19.8. The second-order valence-electron chi connectivity index (χ2n) is 8.70. The highest BCUT2D eigenvalue weighted by Crippen LogP contribution is 2.43. The Kier molecular flexibility index (Phi) is 5.02. The van der Waals surface area contributed by atoms with Gasteiger partial charge in [-0.25, -0.2) is 4.79 Å². The number of rotatable bonds is 3. The zero-order valence-electron chi connectivity index (χ0n) is 16.5. The van der Waals surface area contributed by atoms with Gasteiger partial charge in [0.1, 0.15) is 5.60 Å². The molecule has 2 atom stereocenters. The molecule has 2 aliphatic rings. The molecule has 6 nitrogen and oxygen atoms in total. The highest BCUT2D eigenvalue weighted by Gasteiger charge is 2.56. The number of nitrogens with zero attached hydrogens (tertiary/aromatic N) is 2. The van der Waals surface area contributed by atoms with Crippen molar-refractivity contribution in [2.75, 3.05) is 6.54 Å². The molecule has 2 aliphatic heterocycles. The van der Waals surface area contributed by atoms with Crippen molar-refractivity contribution >= 4 is 17.9 Å². The number of carbonyl (C=O) groups excluding carboxylic acids is 3. The summed E-state index contributed by atoms with van der Waals surface area (Å²) in [5.74, 6) is -0.376. The van der Waals surface area contributed by atoms with Crippen molar-refractivity contribution < 1.29 is 19.1 Å². The van der Waals surface area contributed by atoms with Gasteiger partial charge in [-0.15, -0.1) is 0 Å². The Morgan fingerprint density at radius 2 is 1.89 bits per heavy atom. The summed E-state index contributed by atoms with van der Waals surface area (Å²) in [6.45, 7) is 8.10. The topological polar surface area (TPSA) is 66.9 Å². The molecule has 1 aromatic rings. The molecule has 0 spiro atoms. The molecular formula is C21H28N2O4. The van der Waals surface area contributed by atoms with E-state index < -0.39 is 17.1 Å². The molecule has 0 N–H and O–H groups in total. The van der Waals surface area contributed by atoms with E-state index in [0.29, 0.717) is 13.0 Å². The van der Waals surface area contributed by atoms with Crippen LogP contribution in [0.1, 0.15) is 52.5 Å². The predicted octanol–water partition coefficient (Wildman–Crippen LogP) is 3.35. The van der Waals surface area contributed by atoms with Gasteiger partial charge in [-0.2, -0.15) is 0 Å². The molecule has 0 saturated carbocycles. The maximum absolute atomic E-state index is 13.2. The Morgan fingerprint density at radius 3 is 2.52 bits per heavy atom. The fraction of sp³-hybridized carbons (Fsp3) is 0.571. The van der Waals surface area contributed by atoms with Crippen LogP contribution in [0.3, 0.4) is 0 Å². The van der Waals surface area contributed by atoms with E-state index in [9.17, 15) is 14.4 Å². The molecule has 2 heterocycles. The minimum absolute atomic E-state index is 0.128. The summed E-state index contributed by atoms with van der Waals surface area (Å²) in [6.07, 6.45) is 1.23. The summed E-state index contributed by atoms with van der Waals surface area (Å²) >= 11 is 0. The van der Waals surface area contributed by atoms with Crippen molar-refractivity contribution in [2.24, 2.45) is 5.41 Å². The molecule has 0 unspecified atom stereocenters.